The quantitative estimate of drug-likeness (QED) is 0.405. The normalized spacial score (nSPS) is 13.0. The van der Waals surface area contributed by atoms with Crippen LogP contribution in [0.1, 0.15) is 50.2 Å². The Morgan fingerprint density at radius 1 is 1.15 bits per heavy atom. The standard InChI is InChI=1S/C24H20N4O5S/c1-32-17-10-8-14(9-11-17)21(30)26-19-5-3-2-4-18(19)23(31)33-13-16-12-20(29)28-24(25-16)34-22(27-28)15-6-7-15/h2-5,8-12,15H,6-7,13H2,1H3,(H,26,30). The van der Waals surface area contributed by atoms with Gasteiger partial charge in [0.05, 0.1) is 24.1 Å². The molecule has 5 rings (SSSR count). The molecule has 0 bridgehead atoms. The topological polar surface area (TPSA) is 112 Å². The van der Waals surface area contributed by atoms with E-state index in [1.165, 1.54) is 21.9 Å². The molecule has 1 saturated carbocycles. The van der Waals surface area contributed by atoms with Gasteiger partial charge in [-0.05, 0) is 49.2 Å². The summed E-state index contributed by atoms with van der Waals surface area (Å²) in [6, 6.07) is 14.5. The minimum absolute atomic E-state index is 0.179. The Morgan fingerprint density at radius 3 is 2.65 bits per heavy atom. The van der Waals surface area contributed by atoms with Crippen molar-refractivity contribution in [3.05, 3.63) is 86.8 Å². The van der Waals surface area contributed by atoms with Crippen LogP contribution in [0.25, 0.3) is 4.96 Å². The first-order valence-electron chi connectivity index (χ1n) is 10.6. The van der Waals surface area contributed by atoms with E-state index in [4.69, 9.17) is 9.47 Å². The number of nitrogens with one attached hydrogen (secondary N) is 1. The molecule has 34 heavy (non-hydrogen) atoms. The lowest BCUT2D eigenvalue weighted by atomic mass is 10.1. The van der Waals surface area contributed by atoms with Crippen LogP contribution in [0.15, 0.2) is 59.4 Å². The number of hydrogen-bond acceptors (Lipinski definition) is 8. The van der Waals surface area contributed by atoms with E-state index in [0.717, 1.165) is 17.8 Å². The van der Waals surface area contributed by atoms with Crippen LogP contribution < -0.4 is 15.6 Å². The lowest BCUT2D eigenvalue weighted by Gasteiger charge is -2.11. The van der Waals surface area contributed by atoms with Gasteiger partial charge < -0.3 is 14.8 Å². The number of anilines is 1. The molecule has 0 unspecified atom stereocenters. The molecule has 0 aliphatic heterocycles. The Morgan fingerprint density at radius 2 is 1.91 bits per heavy atom. The first kappa shape index (κ1) is 21.8. The average molecular weight is 477 g/mol. The number of carbonyl (C=O) groups excluding carboxylic acids is 2. The molecular weight excluding hydrogens is 456 g/mol. The predicted molar refractivity (Wildman–Crippen MR) is 126 cm³/mol. The van der Waals surface area contributed by atoms with E-state index in [2.05, 4.69) is 15.4 Å². The van der Waals surface area contributed by atoms with Crippen molar-refractivity contribution in [1.82, 2.24) is 14.6 Å². The lowest BCUT2D eigenvalue weighted by Crippen LogP contribution is -2.18. The van der Waals surface area contributed by atoms with Crippen molar-refractivity contribution in [3.8, 4) is 5.75 Å². The Bertz CT molecular complexity index is 1440. The van der Waals surface area contributed by atoms with E-state index >= 15 is 0 Å². The molecule has 0 atom stereocenters. The maximum absolute atomic E-state index is 12.8. The molecule has 172 valence electrons. The first-order valence-corrected chi connectivity index (χ1v) is 11.4. The number of carbonyl (C=O) groups is 2. The third-order valence-electron chi connectivity index (χ3n) is 5.34. The fraction of sp³-hybridized carbons (Fsp3) is 0.208. The van der Waals surface area contributed by atoms with Crippen LogP contribution in [0, 0.1) is 0 Å². The summed E-state index contributed by atoms with van der Waals surface area (Å²) in [4.78, 5) is 42.7. The van der Waals surface area contributed by atoms with Gasteiger partial charge >= 0.3 is 5.97 Å². The van der Waals surface area contributed by atoms with Gasteiger partial charge in [0.1, 0.15) is 17.4 Å². The van der Waals surface area contributed by atoms with Crippen molar-refractivity contribution in [1.29, 1.82) is 0 Å². The van der Waals surface area contributed by atoms with E-state index in [-0.39, 0.29) is 23.6 Å². The van der Waals surface area contributed by atoms with Crippen molar-refractivity contribution in [2.45, 2.75) is 25.4 Å². The summed E-state index contributed by atoms with van der Waals surface area (Å²) in [6.45, 7) is -0.179. The molecule has 2 heterocycles. The largest absolute Gasteiger partial charge is 0.497 e. The smallest absolute Gasteiger partial charge is 0.340 e. The fourth-order valence-corrected chi connectivity index (χ4v) is 4.46. The molecule has 0 saturated heterocycles. The molecule has 0 spiro atoms. The summed E-state index contributed by atoms with van der Waals surface area (Å²) in [7, 11) is 1.55. The monoisotopic (exact) mass is 476 g/mol. The zero-order valence-corrected chi connectivity index (χ0v) is 19.0. The molecule has 2 aromatic carbocycles. The van der Waals surface area contributed by atoms with E-state index in [9.17, 15) is 14.4 Å². The number of methoxy groups -OCH3 is 1. The Labute approximate surface area is 198 Å². The van der Waals surface area contributed by atoms with Crippen LogP contribution in [-0.2, 0) is 11.3 Å². The van der Waals surface area contributed by atoms with Crippen molar-refractivity contribution >= 4 is 33.9 Å². The van der Waals surface area contributed by atoms with Gasteiger partial charge in [0.15, 0.2) is 0 Å². The summed E-state index contributed by atoms with van der Waals surface area (Å²) < 4.78 is 11.8. The minimum atomic E-state index is -0.643. The summed E-state index contributed by atoms with van der Waals surface area (Å²) in [5, 5.41) is 7.98. The van der Waals surface area contributed by atoms with Gasteiger partial charge in [0.25, 0.3) is 11.5 Å². The highest BCUT2D eigenvalue weighted by molar-refractivity contribution is 7.16. The molecule has 10 heteroatoms. The number of nitrogens with zero attached hydrogens (tertiary/aromatic N) is 3. The number of fused-ring (bicyclic) bond motifs is 1. The van der Waals surface area contributed by atoms with Gasteiger partial charge in [-0.3, -0.25) is 9.59 Å². The minimum Gasteiger partial charge on any atom is -0.497 e. The van der Waals surface area contributed by atoms with Crippen molar-refractivity contribution < 1.29 is 19.1 Å². The highest BCUT2D eigenvalue weighted by Crippen LogP contribution is 2.41. The van der Waals surface area contributed by atoms with Gasteiger partial charge in [0.2, 0.25) is 4.96 Å². The van der Waals surface area contributed by atoms with Crippen molar-refractivity contribution in [2.75, 3.05) is 12.4 Å². The Hall–Kier alpha value is -4.05. The SMILES string of the molecule is COc1ccc(C(=O)Nc2ccccc2C(=O)OCc2cc(=O)n3nc(C4CC4)sc3n2)cc1. The van der Waals surface area contributed by atoms with Crippen molar-refractivity contribution in [3.63, 3.8) is 0 Å². The first-order chi connectivity index (χ1) is 16.5. The number of ether oxygens (including phenoxy) is 2. The fourth-order valence-electron chi connectivity index (χ4n) is 3.36. The molecule has 1 aliphatic carbocycles. The third-order valence-corrected chi connectivity index (χ3v) is 6.41. The molecule has 9 nitrogen and oxygen atoms in total. The highest BCUT2D eigenvalue weighted by atomic mass is 32.1. The predicted octanol–water partition coefficient (Wildman–Crippen LogP) is 3.65. The summed E-state index contributed by atoms with van der Waals surface area (Å²) in [5.74, 6) is 0.0290. The summed E-state index contributed by atoms with van der Waals surface area (Å²) in [6.07, 6.45) is 2.15. The number of amides is 1. The summed E-state index contributed by atoms with van der Waals surface area (Å²) in [5.41, 5.74) is 0.942. The molecule has 4 aromatic rings. The molecule has 1 amide bonds. The van der Waals surface area contributed by atoms with E-state index in [1.807, 2.05) is 0 Å². The van der Waals surface area contributed by atoms with E-state index in [0.29, 0.717) is 33.6 Å². The van der Waals surface area contributed by atoms with E-state index < -0.39 is 5.97 Å². The second kappa shape index (κ2) is 9.06. The number of hydrogen-bond donors (Lipinski definition) is 1. The van der Waals surface area contributed by atoms with Crippen LogP contribution >= 0.6 is 11.3 Å². The second-order valence-corrected chi connectivity index (χ2v) is 8.79. The molecule has 1 aliphatic rings. The van der Waals surface area contributed by atoms with Crippen molar-refractivity contribution in [2.24, 2.45) is 0 Å². The second-order valence-electron chi connectivity index (χ2n) is 7.80. The number of para-hydroxylation sites is 1. The molecule has 1 N–H and O–H groups in total. The molecule has 2 aromatic heterocycles. The van der Waals surface area contributed by atoms with Gasteiger partial charge in [-0.25, -0.2) is 9.78 Å². The number of rotatable bonds is 7. The van der Waals surface area contributed by atoms with E-state index in [1.54, 1.807) is 55.6 Å². The third kappa shape index (κ3) is 4.53. The van der Waals surface area contributed by atoms with Crippen LogP contribution in [-0.4, -0.2) is 33.6 Å². The zero-order valence-electron chi connectivity index (χ0n) is 18.2. The molecule has 0 radical (unpaired) electrons. The van der Waals surface area contributed by atoms with Gasteiger partial charge in [-0.2, -0.15) is 9.61 Å². The molecule has 1 fully saturated rings. The lowest BCUT2D eigenvalue weighted by molar-refractivity contribution is 0.0469. The summed E-state index contributed by atoms with van der Waals surface area (Å²) >= 11 is 1.38. The maximum Gasteiger partial charge on any atom is 0.340 e. The van der Waals surface area contributed by atoms with Gasteiger partial charge in [-0.15, -0.1) is 0 Å². The van der Waals surface area contributed by atoms with Crippen LogP contribution in [0.3, 0.4) is 0 Å². The Balaban J connectivity index is 1.29. The highest BCUT2D eigenvalue weighted by Gasteiger charge is 2.28. The van der Waals surface area contributed by atoms with Gasteiger partial charge in [-0.1, -0.05) is 23.5 Å². The van der Waals surface area contributed by atoms with Crippen LogP contribution in [0.2, 0.25) is 0 Å². The van der Waals surface area contributed by atoms with Crippen LogP contribution in [0.5, 0.6) is 5.75 Å². The average Bonchev–Trinajstić information content (AvgIpc) is 3.62. The van der Waals surface area contributed by atoms with Gasteiger partial charge in [0, 0.05) is 17.5 Å². The number of esters is 1. The Kier molecular flexibility index (Phi) is 5.81. The maximum atomic E-state index is 12.8. The molecular formula is C24H20N4O5S. The number of benzene rings is 2. The number of aromatic nitrogens is 3. The van der Waals surface area contributed by atoms with Crippen LogP contribution in [0.4, 0.5) is 5.69 Å². The zero-order chi connectivity index (χ0) is 23.7.